The molecule has 2 aromatic heterocycles. The van der Waals surface area contributed by atoms with Gasteiger partial charge in [-0.3, -0.25) is 4.98 Å². The van der Waals surface area contributed by atoms with Crippen molar-refractivity contribution < 1.29 is 0 Å². The van der Waals surface area contributed by atoms with Crippen molar-refractivity contribution in [1.29, 1.82) is 0 Å². The van der Waals surface area contributed by atoms with Crippen LogP contribution in [0.25, 0.3) is 101 Å². The molecule has 244 valence electrons. The van der Waals surface area contributed by atoms with E-state index < -0.39 is 0 Å². The standard InChI is InChI=1S/C48H32N4/c1-3-39-40(4-2)43-21-13-20-41(45(43)44-19-12-11-18-42(39)44)37-27-36(33-22-23-35-30-49-25-24-34(35)26-33)28-38(29-37)48-51-46(31-14-7-5-8-15-31)50-47(52-48)32-16-9-6-10-17-32/h3-30H,1-2H2. The van der Waals surface area contributed by atoms with Crippen molar-refractivity contribution >= 4 is 44.5 Å². The molecule has 9 aromatic rings. The Morgan fingerprint density at radius 2 is 0.981 bits per heavy atom. The molecular formula is C48H32N4. The molecule has 4 nitrogen and oxygen atoms in total. The third-order valence-electron chi connectivity index (χ3n) is 9.72. The number of rotatable bonds is 7. The summed E-state index contributed by atoms with van der Waals surface area (Å²) in [6.07, 6.45) is 7.63. The van der Waals surface area contributed by atoms with Gasteiger partial charge in [0.25, 0.3) is 0 Å². The van der Waals surface area contributed by atoms with Crippen LogP contribution in [0.15, 0.2) is 171 Å². The third kappa shape index (κ3) is 5.44. The molecule has 0 saturated carbocycles. The van der Waals surface area contributed by atoms with E-state index in [0.29, 0.717) is 17.5 Å². The van der Waals surface area contributed by atoms with Crippen LogP contribution < -0.4 is 0 Å². The maximum atomic E-state index is 5.13. The van der Waals surface area contributed by atoms with E-state index in [0.717, 1.165) is 82.4 Å². The Balaban J connectivity index is 1.35. The number of benzene rings is 7. The molecule has 0 spiro atoms. The first-order chi connectivity index (χ1) is 25.7. The van der Waals surface area contributed by atoms with Gasteiger partial charge in [-0.25, -0.2) is 15.0 Å². The van der Waals surface area contributed by atoms with Crippen LogP contribution in [0.5, 0.6) is 0 Å². The SMILES string of the molecule is C=Cc1c(C=C)c2cccc(-c3cc(-c4ccc5cnccc5c4)cc(-c4nc(-c5ccccc5)nc(-c5ccccc5)n4)c3)c2c2ccccc12. The molecule has 52 heavy (non-hydrogen) atoms. The summed E-state index contributed by atoms with van der Waals surface area (Å²) in [5.41, 5.74) is 9.23. The molecular weight excluding hydrogens is 633 g/mol. The van der Waals surface area contributed by atoms with Crippen LogP contribution in [0.2, 0.25) is 0 Å². The second-order valence-corrected chi connectivity index (χ2v) is 12.8. The summed E-state index contributed by atoms with van der Waals surface area (Å²) in [7, 11) is 0. The minimum atomic E-state index is 0.603. The fraction of sp³-hybridized carbons (Fsp3) is 0. The molecule has 0 radical (unpaired) electrons. The Morgan fingerprint density at radius 1 is 0.404 bits per heavy atom. The van der Waals surface area contributed by atoms with Gasteiger partial charge in [0.1, 0.15) is 0 Å². The zero-order valence-corrected chi connectivity index (χ0v) is 28.4. The Labute approximate surface area is 302 Å². The lowest BCUT2D eigenvalue weighted by molar-refractivity contribution is 1.07. The quantitative estimate of drug-likeness (QED) is 0.159. The lowest BCUT2D eigenvalue weighted by Gasteiger charge is -2.18. The van der Waals surface area contributed by atoms with E-state index in [2.05, 4.69) is 103 Å². The maximum Gasteiger partial charge on any atom is 0.164 e. The van der Waals surface area contributed by atoms with Gasteiger partial charge in [-0.1, -0.05) is 141 Å². The molecule has 0 aliphatic heterocycles. The highest BCUT2D eigenvalue weighted by molar-refractivity contribution is 6.19. The van der Waals surface area contributed by atoms with E-state index in [4.69, 9.17) is 15.0 Å². The van der Waals surface area contributed by atoms with Gasteiger partial charge >= 0.3 is 0 Å². The number of aromatic nitrogens is 4. The third-order valence-corrected chi connectivity index (χ3v) is 9.72. The van der Waals surface area contributed by atoms with Crippen molar-refractivity contribution in [2.75, 3.05) is 0 Å². The average molecular weight is 665 g/mol. The molecule has 0 aliphatic rings. The van der Waals surface area contributed by atoms with Crippen LogP contribution >= 0.6 is 0 Å². The largest absolute Gasteiger partial charge is 0.264 e. The summed E-state index contributed by atoms with van der Waals surface area (Å²) in [6.45, 7) is 8.40. The van der Waals surface area contributed by atoms with Crippen LogP contribution in [-0.4, -0.2) is 19.9 Å². The van der Waals surface area contributed by atoms with Gasteiger partial charge in [-0.05, 0) is 90.6 Å². The Hall–Kier alpha value is -7.04. The first-order valence-electron chi connectivity index (χ1n) is 17.3. The number of hydrogen-bond acceptors (Lipinski definition) is 4. The van der Waals surface area contributed by atoms with Crippen molar-refractivity contribution in [3.63, 3.8) is 0 Å². The molecule has 0 unspecified atom stereocenters. The van der Waals surface area contributed by atoms with Gasteiger partial charge in [0.05, 0.1) is 0 Å². The molecule has 0 aliphatic carbocycles. The molecule has 7 aromatic carbocycles. The van der Waals surface area contributed by atoms with Gasteiger partial charge in [-0.15, -0.1) is 0 Å². The van der Waals surface area contributed by atoms with Gasteiger partial charge in [0.15, 0.2) is 17.5 Å². The van der Waals surface area contributed by atoms with Crippen LogP contribution in [0.1, 0.15) is 11.1 Å². The van der Waals surface area contributed by atoms with Crippen molar-refractivity contribution in [3.05, 3.63) is 182 Å². The number of nitrogens with zero attached hydrogens (tertiary/aromatic N) is 4. The first-order valence-corrected chi connectivity index (χ1v) is 17.3. The Morgan fingerprint density at radius 3 is 1.67 bits per heavy atom. The average Bonchev–Trinajstić information content (AvgIpc) is 3.23. The van der Waals surface area contributed by atoms with E-state index in [9.17, 15) is 0 Å². The predicted octanol–water partition coefficient (Wildman–Crippen LogP) is 12.3. The molecule has 0 atom stereocenters. The van der Waals surface area contributed by atoms with Gasteiger partial charge < -0.3 is 0 Å². The maximum absolute atomic E-state index is 5.13. The summed E-state index contributed by atoms with van der Waals surface area (Å²) in [6, 6.07) is 50.5. The first kappa shape index (κ1) is 31.0. The summed E-state index contributed by atoms with van der Waals surface area (Å²) >= 11 is 0. The minimum absolute atomic E-state index is 0.603. The molecule has 0 fully saturated rings. The fourth-order valence-corrected chi connectivity index (χ4v) is 7.25. The van der Waals surface area contributed by atoms with Crippen LogP contribution in [0.3, 0.4) is 0 Å². The molecule has 0 saturated heterocycles. The summed E-state index contributed by atoms with van der Waals surface area (Å²) in [5, 5.41) is 6.82. The van der Waals surface area contributed by atoms with Crippen LogP contribution in [-0.2, 0) is 0 Å². The van der Waals surface area contributed by atoms with Crippen molar-refractivity contribution in [2.24, 2.45) is 0 Å². The van der Waals surface area contributed by atoms with Gasteiger partial charge in [0.2, 0.25) is 0 Å². The second kappa shape index (κ2) is 13.0. The number of fused-ring (bicyclic) bond motifs is 4. The number of hydrogen-bond donors (Lipinski definition) is 0. The molecule has 0 N–H and O–H groups in total. The van der Waals surface area contributed by atoms with Crippen molar-refractivity contribution in [2.45, 2.75) is 0 Å². The monoisotopic (exact) mass is 664 g/mol. The highest BCUT2D eigenvalue weighted by Gasteiger charge is 2.18. The lowest BCUT2D eigenvalue weighted by Crippen LogP contribution is -2.00. The summed E-state index contributed by atoms with van der Waals surface area (Å²) < 4.78 is 0. The van der Waals surface area contributed by atoms with Crippen LogP contribution in [0.4, 0.5) is 0 Å². The zero-order chi connectivity index (χ0) is 35.0. The fourth-order valence-electron chi connectivity index (χ4n) is 7.25. The van der Waals surface area contributed by atoms with Crippen molar-refractivity contribution in [1.82, 2.24) is 19.9 Å². The van der Waals surface area contributed by atoms with E-state index in [1.54, 1.807) is 0 Å². The van der Waals surface area contributed by atoms with Crippen molar-refractivity contribution in [3.8, 4) is 56.4 Å². The Bertz CT molecular complexity index is 2770. The molecule has 2 heterocycles. The van der Waals surface area contributed by atoms with E-state index in [-0.39, 0.29) is 0 Å². The Kier molecular flexibility index (Phi) is 7.75. The molecule has 9 rings (SSSR count). The second-order valence-electron chi connectivity index (χ2n) is 12.8. The highest BCUT2D eigenvalue weighted by Crippen LogP contribution is 2.42. The number of pyridine rings is 1. The van der Waals surface area contributed by atoms with Gasteiger partial charge in [0, 0.05) is 34.5 Å². The van der Waals surface area contributed by atoms with Crippen LogP contribution in [0, 0.1) is 0 Å². The van der Waals surface area contributed by atoms with E-state index in [1.807, 2.05) is 85.2 Å². The normalized spacial score (nSPS) is 11.2. The zero-order valence-electron chi connectivity index (χ0n) is 28.4. The molecule has 0 bridgehead atoms. The molecule has 4 heteroatoms. The van der Waals surface area contributed by atoms with Gasteiger partial charge in [-0.2, -0.15) is 0 Å². The highest BCUT2D eigenvalue weighted by atomic mass is 15.0. The van der Waals surface area contributed by atoms with E-state index in [1.165, 1.54) is 0 Å². The topological polar surface area (TPSA) is 51.6 Å². The predicted molar refractivity (Wildman–Crippen MR) is 218 cm³/mol. The lowest BCUT2D eigenvalue weighted by atomic mass is 9.86. The minimum Gasteiger partial charge on any atom is -0.264 e. The van der Waals surface area contributed by atoms with E-state index >= 15 is 0 Å². The summed E-state index contributed by atoms with van der Waals surface area (Å²) in [5.74, 6) is 1.85. The molecule has 0 amide bonds. The smallest absolute Gasteiger partial charge is 0.164 e. The summed E-state index contributed by atoms with van der Waals surface area (Å²) in [4.78, 5) is 19.5.